The van der Waals surface area contributed by atoms with E-state index in [1.165, 1.54) is 6.20 Å². The number of carbonyl (C=O) groups is 1. The van der Waals surface area contributed by atoms with Crippen LogP contribution in [0.4, 0.5) is 5.88 Å². The summed E-state index contributed by atoms with van der Waals surface area (Å²) >= 11 is 0. The van der Waals surface area contributed by atoms with Crippen molar-refractivity contribution in [3.8, 4) is 23.0 Å². The second-order valence-corrected chi connectivity index (χ2v) is 4.94. The highest BCUT2D eigenvalue weighted by Crippen LogP contribution is 2.24. The zero-order chi connectivity index (χ0) is 16.9. The van der Waals surface area contributed by atoms with Gasteiger partial charge in [0, 0.05) is 11.1 Å². The van der Waals surface area contributed by atoms with Crippen LogP contribution in [-0.2, 0) is 0 Å². The molecule has 1 amide bonds. The maximum absolute atomic E-state index is 12.2. The third-order valence-corrected chi connectivity index (χ3v) is 3.43. The summed E-state index contributed by atoms with van der Waals surface area (Å²) in [5.74, 6) is 1.85. The van der Waals surface area contributed by atoms with Gasteiger partial charge >= 0.3 is 0 Å². The molecule has 0 bridgehead atoms. The van der Waals surface area contributed by atoms with Crippen LogP contribution in [-0.4, -0.2) is 25.1 Å². The topological polar surface area (TPSA) is 73.6 Å². The van der Waals surface area contributed by atoms with E-state index in [1.54, 1.807) is 38.5 Å². The van der Waals surface area contributed by atoms with Crippen molar-refractivity contribution in [1.29, 1.82) is 0 Å². The Balaban J connectivity index is 1.71. The molecule has 0 aliphatic carbocycles. The summed E-state index contributed by atoms with van der Waals surface area (Å²) in [6.45, 7) is 0. The minimum Gasteiger partial charge on any atom is -0.497 e. The van der Waals surface area contributed by atoms with Crippen molar-refractivity contribution in [2.45, 2.75) is 0 Å². The van der Waals surface area contributed by atoms with Gasteiger partial charge in [-0.2, -0.15) is 0 Å². The first-order chi connectivity index (χ1) is 11.7. The minimum atomic E-state index is -0.282. The van der Waals surface area contributed by atoms with Crippen LogP contribution in [0.15, 0.2) is 59.1 Å². The van der Waals surface area contributed by atoms with Crippen LogP contribution in [0.2, 0.25) is 0 Å². The number of ether oxygens (including phenoxy) is 2. The predicted octanol–water partition coefficient (Wildman–Crippen LogP) is 3.61. The fourth-order valence-corrected chi connectivity index (χ4v) is 2.13. The van der Waals surface area contributed by atoms with Crippen LogP contribution in [0.3, 0.4) is 0 Å². The van der Waals surface area contributed by atoms with Crippen molar-refractivity contribution in [1.82, 2.24) is 4.98 Å². The fraction of sp³-hybridized carbons (Fsp3) is 0.111. The molecule has 2 aromatic carbocycles. The number of benzene rings is 2. The second-order valence-electron chi connectivity index (χ2n) is 4.94. The van der Waals surface area contributed by atoms with Crippen molar-refractivity contribution in [2.24, 2.45) is 0 Å². The molecule has 0 radical (unpaired) electrons. The summed E-state index contributed by atoms with van der Waals surface area (Å²) in [5, 5.41) is 2.67. The Morgan fingerprint density at radius 3 is 2.12 bits per heavy atom. The molecule has 0 fully saturated rings. The molecular weight excluding hydrogens is 308 g/mol. The Hall–Kier alpha value is -3.28. The predicted molar refractivity (Wildman–Crippen MR) is 89.4 cm³/mol. The number of methoxy groups -OCH3 is 2. The van der Waals surface area contributed by atoms with E-state index in [4.69, 9.17) is 13.9 Å². The Kier molecular flexibility index (Phi) is 4.47. The van der Waals surface area contributed by atoms with Crippen molar-refractivity contribution >= 4 is 11.8 Å². The number of carbonyl (C=O) groups excluding carboxylic acids is 1. The zero-order valence-electron chi connectivity index (χ0n) is 13.3. The lowest BCUT2D eigenvalue weighted by Crippen LogP contribution is -2.11. The van der Waals surface area contributed by atoms with Crippen molar-refractivity contribution in [3.63, 3.8) is 0 Å². The number of aromatic nitrogens is 1. The average Bonchev–Trinajstić information content (AvgIpc) is 3.10. The highest BCUT2D eigenvalue weighted by molar-refractivity contribution is 6.03. The summed E-state index contributed by atoms with van der Waals surface area (Å²) in [6, 6.07) is 14.1. The van der Waals surface area contributed by atoms with Gasteiger partial charge in [-0.15, -0.1) is 0 Å². The maximum Gasteiger partial charge on any atom is 0.258 e. The summed E-state index contributed by atoms with van der Waals surface area (Å²) in [6.07, 6.45) is 1.47. The van der Waals surface area contributed by atoms with Gasteiger partial charge in [0.15, 0.2) is 0 Å². The molecule has 6 heteroatoms. The molecule has 1 heterocycles. The van der Waals surface area contributed by atoms with Crippen molar-refractivity contribution in [2.75, 3.05) is 19.5 Å². The van der Waals surface area contributed by atoms with E-state index in [-0.39, 0.29) is 11.8 Å². The van der Waals surface area contributed by atoms with Gasteiger partial charge in [-0.3, -0.25) is 10.1 Å². The molecule has 3 rings (SSSR count). The molecular formula is C18H16N2O4. The number of oxazole rings is 1. The Labute approximate surface area is 139 Å². The third-order valence-electron chi connectivity index (χ3n) is 3.43. The molecule has 0 aliphatic heterocycles. The fourth-order valence-electron chi connectivity index (χ4n) is 2.13. The molecule has 122 valence electrons. The molecule has 0 saturated heterocycles. The standard InChI is InChI=1S/C18H16N2O4/c1-22-14-7-3-12(4-8-14)17(21)20-16-11-19-18(24-16)13-5-9-15(23-2)10-6-13/h3-11H,1-2H3,(H,20,21). The first-order valence-corrected chi connectivity index (χ1v) is 7.25. The molecule has 6 nitrogen and oxygen atoms in total. The Morgan fingerprint density at radius 2 is 1.54 bits per heavy atom. The highest BCUT2D eigenvalue weighted by atomic mass is 16.5. The van der Waals surface area contributed by atoms with Crippen LogP contribution in [0.25, 0.3) is 11.5 Å². The second kappa shape index (κ2) is 6.87. The van der Waals surface area contributed by atoms with Crippen LogP contribution >= 0.6 is 0 Å². The lowest BCUT2D eigenvalue weighted by Gasteiger charge is -2.03. The molecule has 0 atom stereocenters. The molecule has 3 aromatic rings. The summed E-state index contributed by atoms with van der Waals surface area (Å²) in [4.78, 5) is 16.4. The van der Waals surface area contributed by atoms with Crippen LogP contribution < -0.4 is 14.8 Å². The first-order valence-electron chi connectivity index (χ1n) is 7.25. The SMILES string of the molecule is COc1ccc(C(=O)Nc2cnc(-c3ccc(OC)cc3)o2)cc1. The quantitative estimate of drug-likeness (QED) is 0.776. The van der Waals surface area contributed by atoms with Gasteiger partial charge < -0.3 is 13.9 Å². The van der Waals surface area contributed by atoms with Gasteiger partial charge in [-0.05, 0) is 48.5 Å². The van der Waals surface area contributed by atoms with Gasteiger partial charge in [-0.1, -0.05) is 0 Å². The molecule has 1 aromatic heterocycles. The molecule has 1 N–H and O–H groups in total. The molecule has 0 aliphatic rings. The third kappa shape index (κ3) is 3.38. The lowest BCUT2D eigenvalue weighted by molar-refractivity contribution is 0.102. The largest absolute Gasteiger partial charge is 0.497 e. The van der Waals surface area contributed by atoms with Crippen LogP contribution in [0.1, 0.15) is 10.4 Å². The van der Waals surface area contributed by atoms with Crippen molar-refractivity contribution in [3.05, 3.63) is 60.3 Å². The van der Waals surface area contributed by atoms with E-state index >= 15 is 0 Å². The summed E-state index contributed by atoms with van der Waals surface area (Å²) < 4.78 is 15.7. The number of anilines is 1. The maximum atomic E-state index is 12.2. The number of hydrogen-bond donors (Lipinski definition) is 1. The number of amides is 1. The van der Waals surface area contributed by atoms with Gasteiger partial charge in [0.2, 0.25) is 11.8 Å². The van der Waals surface area contributed by atoms with Crippen LogP contribution in [0.5, 0.6) is 11.5 Å². The first kappa shape index (κ1) is 15.6. The summed E-state index contributed by atoms with van der Waals surface area (Å²) in [7, 11) is 3.18. The van der Waals surface area contributed by atoms with Gasteiger partial charge in [0.05, 0.1) is 20.4 Å². The molecule has 0 saturated carbocycles. The van der Waals surface area contributed by atoms with Gasteiger partial charge in [0.25, 0.3) is 5.91 Å². The minimum absolute atomic E-state index is 0.279. The number of rotatable bonds is 5. The smallest absolute Gasteiger partial charge is 0.258 e. The van der Waals surface area contributed by atoms with E-state index in [0.717, 1.165) is 11.3 Å². The zero-order valence-corrected chi connectivity index (χ0v) is 13.3. The lowest BCUT2D eigenvalue weighted by atomic mass is 10.2. The monoisotopic (exact) mass is 324 g/mol. The van der Waals surface area contributed by atoms with Crippen LogP contribution in [0, 0.1) is 0 Å². The van der Waals surface area contributed by atoms with Gasteiger partial charge in [-0.25, -0.2) is 4.98 Å². The Morgan fingerprint density at radius 1 is 0.958 bits per heavy atom. The molecule has 0 spiro atoms. The average molecular weight is 324 g/mol. The van der Waals surface area contributed by atoms with E-state index in [0.29, 0.717) is 17.2 Å². The van der Waals surface area contributed by atoms with E-state index in [1.807, 2.05) is 24.3 Å². The van der Waals surface area contributed by atoms with E-state index < -0.39 is 0 Å². The molecule has 24 heavy (non-hydrogen) atoms. The Bertz CT molecular complexity index is 823. The summed E-state index contributed by atoms with van der Waals surface area (Å²) in [5.41, 5.74) is 1.29. The number of hydrogen-bond acceptors (Lipinski definition) is 5. The number of nitrogens with one attached hydrogen (secondary N) is 1. The number of nitrogens with zero attached hydrogens (tertiary/aromatic N) is 1. The molecule has 0 unspecified atom stereocenters. The normalized spacial score (nSPS) is 10.2. The van der Waals surface area contributed by atoms with Crippen molar-refractivity contribution < 1.29 is 18.7 Å². The van der Waals surface area contributed by atoms with E-state index in [9.17, 15) is 4.79 Å². The van der Waals surface area contributed by atoms with Gasteiger partial charge in [0.1, 0.15) is 11.5 Å². The van der Waals surface area contributed by atoms with E-state index in [2.05, 4.69) is 10.3 Å². The highest BCUT2D eigenvalue weighted by Gasteiger charge is 2.11.